The fourth-order valence-corrected chi connectivity index (χ4v) is 3.21. The molecule has 0 aliphatic heterocycles. The van der Waals surface area contributed by atoms with Crippen molar-refractivity contribution in [3.63, 3.8) is 0 Å². The van der Waals surface area contributed by atoms with Gasteiger partial charge in [0.15, 0.2) is 5.78 Å². The molecule has 0 saturated carbocycles. The van der Waals surface area contributed by atoms with Gasteiger partial charge in [-0.3, -0.25) is 4.79 Å². The molecule has 3 rings (SSSR count). The molecule has 2 aliphatic rings. The molecule has 94 valence electrons. The maximum atomic E-state index is 11.3. The normalized spacial score (nSPS) is 25.5. The van der Waals surface area contributed by atoms with Gasteiger partial charge in [-0.25, -0.2) is 0 Å². The number of phenolic OH excluding ortho intramolecular Hbond substituents is 1. The zero-order chi connectivity index (χ0) is 12.8. The average molecular weight is 244 g/mol. The van der Waals surface area contributed by atoms with E-state index in [1.807, 2.05) is 12.1 Å². The van der Waals surface area contributed by atoms with E-state index in [1.54, 1.807) is 19.3 Å². The van der Waals surface area contributed by atoms with E-state index in [2.05, 4.69) is 0 Å². The number of rotatable bonds is 1. The van der Waals surface area contributed by atoms with Crippen LogP contribution in [0.25, 0.3) is 0 Å². The Morgan fingerprint density at radius 3 is 2.72 bits per heavy atom. The number of aromatic hydroxyl groups is 1. The van der Waals surface area contributed by atoms with E-state index in [0.29, 0.717) is 17.9 Å². The number of allylic oxidation sites excluding steroid dienone is 2. The lowest BCUT2D eigenvalue weighted by atomic mass is 9.74. The Kier molecular flexibility index (Phi) is 2.44. The van der Waals surface area contributed by atoms with Crippen LogP contribution in [0.3, 0.4) is 0 Å². The first kappa shape index (κ1) is 11.3. The van der Waals surface area contributed by atoms with Gasteiger partial charge in [-0.05, 0) is 37.0 Å². The molecule has 0 heterocycles. The van der Waals surface area contributed by atoms with Crippen molar-refractivity contribution in [2.45, 2.75) is 31.1 Å². The van der Waals surface area contributed by atoms with E-state index in [-0.39, 0.29) is 11.2 Å². The summed E-state index contributed by atoms with van der Waals surface area (Å²) in [5.74, 6) is 1.17. The minimum atomic E-state index is -0.139. The number of ketones is 1. The third-order valence-electron chi connectivity index (χ3n) is 4.15. The number of carbonyl (C=O) groups is 1. The molecular formula is C15H16O3. The Balaban J connectivity index is 2.12. The molecule has 0 bridgehead atoms. The molecule has 1 spiro atoms. The molecule has 3 heteroatoms. The van der Waals surface area contributed by atoms with E-state index in [4.69, 9.17) is 4.74 Å². The molecule has 18 heavy (non-hydrogen) atoms. The summed E-state index contributed by atoms with van der Waals surface area (Å²) in [6, 6.07) is 3.66. The van der Waals surface area contributed by atoms with Crippen molar-refractivity contribution in [3.05, 3.63) is 35.4 Å². The van der Waals surface area contributed by atoms with Crippen molar-refractivity contribution in [2.75, 3.05) is 7.11 Å². The van der Waals surface area contributed by atoms with Gasteiger partial charge in [0.2, 0.25) is 0 Å². The second-order valence-corrected chi connectivity index (χ2v) is 5.14. The van der Waals surface area contributed by atoms with E-state index >= 15 is 0 Å². The zero-order valence-corrected chi connectivity index (χ0v) is 10.4. The summed E-state index contributed by atoms with van der Waals surface area (Å²) in [5, 5.41) is 10.2. The van der Waals surface area contributed by atoms with Crippen molar-refractivity contribution in [1.82, 2.24) is 0 Å². The van der Waals surface area contributed by atoms with Gasteiger partial charge < -0.3 is 9.84 Å². The van der Waals surface area contributed by atoms with Crippen LogP contribution in [0.15, 0.2) is 24.3 Å². The molecule has 1 aromatic rings. The fourth-order valence-electron chi connectivity index (χ4n) is 3.21. The van der Waals surface area contributed by atoms with E-state index in [9.17, 15) is 9.90 Å². The number of methoxy groups -OCH3 is 1. The number of aryl methyl sites for hydroxylation is 1. The first-order valence-electron chi connectivity index (χ1n) is 6.27. The summed E-state index contributed by atoms with van der Waals surface area (Å²) in [7, 11) is 1.60. The van der Waals surface area contributed by atoms with Gasteiger partial charge in [-0.2, -0.15) is 0 Å². The number of phenols is 1. The van der Waals surface area contributed by atoms with E-state index in [0.717, 1.165) is 30.4 Å². The lowest BCUT2D eigenvalue weighted by Crippen LogP contribution is -2.25. The first-order valence-corrected chi connectivity index (χ1v) is 6.27. The molecule has 0 radical (unpaired) electrons. The van der Waals surface area contributed by atoms with Crippen LogP contribution >= 0.6 is 0 Å². The highest BCUT2D eigenvalue weighted by molar-refractivity contribution is 5.91. The first-order chi connectivity index (χ1) is 8.64. The molecule has 1 unspecified atom stereocenters. The Morgan fingerprint density at radius 1 is 1.28 bits per heavy atom. The molecule has 0 saturated heterocycles. The van der Waals surface area contributed by atoms with Crippen molar-refractivity contribution in [2.24, 2.45) is 0 Å². The van der Waals surface area contributed by atoms with Gasteiger partial charge in [-0.1, -0.05) is 6.08 Å². The van der Waals surface area contributed by atoms with Gasteiger partial charge in [0.05, 0.1) is 7.11 Å². The van der Waals surface area contributed by atoms with E-state index < -0.39 is 0 Å². The predicted octanol–water partition coefficient (Wildman–Crippen LogP) is 2.50. The monoisotopic (exact) mass is 244 g/mol. The highest BCUT2D eigenvalue weighted by Crippen LogP contribution is 2.50. The van der Waals surface area contributed by atoms with Crippen molar-refractivity contribution >= 4 is 5.78 Å². The number of carbonyl (C=O) groups excluding carboxylic acids is 1. The lowest BCUT2D eigenvalue weighted by Gasteiger charge is -2.29. The number of hydrogen-bond donors (Lipinski definition) is 1. The van der Waals surface area contributed by atoms with Crippen LogP contribution in [0.5, 0.6) is 11.5 Å². The molecule has 2 aliphatic carbocycles. The largest absolute Gasteiger partial charge is 0.507 e. The zero-order valence-electron chi connectivity index (χ0n) is 10.4. The molecule has 1 N–H and O–H groups in total. The molecule has 0 amide bonds. The van der Waals surface area contributed by atoms with Gasteiger partial charge in [0, 0.05) is 23.5 Å². The molecule has 1 atom stereocenters. The summed E-state index contributed by atoms with van der Waals surface area (Å²) >= 11 is 0. The molecule has 1 aromatic carbocycles. The minimum Gasteiger partial charge on any atom is -0.507 e. The third kappa shape index (κ3) is 1.54. The number of ether oxygens (including phenoxy) is 1. The Morgan fingerprint density at radius 2 is 2.06 bits per heavy atom. The summed E-state index contributed by atoms with van der Waals surface area (Å²) in [4.78, 5) is 11.3. The fraction of sp³-hybridized carbons (Fsp3) is 0.400. The standard InChI is InChI=1S/C15H16O3/c1-18-12-8-10-2-5-15(14(10)13(17)9-12)6-3-11(16)4-7-15/h3,6,8-9,17H,2,4-5,7H2,1H3. The van der Waals surface area contributed by atoms with Gasteiger partial charge >= 0.3 is 0 Å². The molecule has 0 fully saturated rings. The maximum absolute atomic E-state index is 11.3. The number of hydrogen-bond acceptors (Lipinski definition) is 3. The second-order valence-electron chi connectivity index (χ2n) is 5.14. The quantitative estimate of drug-likeness (QED) is 0.825. The van der Waals surface area contributed by atoms with Crippen molar-refractivity contribution in [3.8, 4) is 11.5 Å². The van der Waals surface area contributed by atoms with Crippen LogP contribution in [0.4, 0.5) is 0 Å². The highest BCUT2D eigenvalue weighted by Gasteiger charge is 2.40. The van der Waals surface area contributed by atoms with Crippen LogP contribution in [0, 0.1) is 0 Å². The van der Waals surface area contributed by atoms with E-state index in [1.165, 1.54) is 0 Å². The summed E-state index contributed by atoms with van der Waals surface area (Å²) < 4.78 is 5.18. The topological polar surface area (TPSA) is 46.5 Å². The highest BCUT2D eigenvalue weighted by atomic mass is 16.5. The SMILES string of the molecule is COc1cc(O)c2c(c1)CCC21C=CC(=O)CC1. The average Bonchev–Trinajstić information content (AvgIpc) is 2.73. The second kappa shape index (κ2) is 3.87. The summed E-state index contributed by atoms with van der Waals surface area (Å²) in [5.41, 5.74) is 2.00. The Hall–Kier alpha value is -1.77. The maximum Gasteiger partial charge on any atom is 0.155 e. The lowest BCUT2D eigenvalue weighted by molar-refractivity contribution is -0.115. The van der Waals surface area contributed by atoms with Crippen molar-refractivity contribution < 1.29 is 14.6 Å². The number of fused-ring (bicyclic) bond motifs is 2. The van der Waals surface area contributed by atoms with Crippen LogP contribution in [0.1, 0.15) is 30.4 Å². The number of benzene rings is 1. The molecular weight excluding hydrogens is 228 g/mol. The minimum absolute atomic E-state index is 0.139. The Bertz CT molecular complexity index is 545. The summed E-state index contributed by atoms with van der Waals surface area (Å²) in [6.07, 6.45) is 6.92. The smallest absolute Gasteiger partial charge is 0.155 e. The Labute approximate surface area is 106 Å². The molecule has 0 aromatic heterocycles. The van der Waals surface area contributed by atoms with Crippen LogP contribution in [0.2, 0.25) is 0 Å². The van der Waals surface area contributed by atoms with Gasteiger partial charge in [-0.15, -0.1) is 0 Å². The predicted molar refractivity (Wildman–Crippen MR) is 68.0 cm³/mol. The van der Waals surface area contributed by atoms with Gasteiger partial charge in [0.25, 0.3) is 0 Å². The van der Waals surface area contributed by atoms with Crippen LogP contribution < -0.4 is 4.74 Å². The van der Waals surface area contributed by atoms with Crippen LogP contribution in [-0.4, -0.2) is 18.0 Å². The van der Waals surface area contributed by atoms with Gasteiger partial charge in [0.1, 0.15) is 11.5 Å². The third-order valence-corrected chi connectivity index (χ3v) is 4.15. The summed E-state index contributed by atoms with van der Waals surface area (Å²) in [6.45, 7) is 0. The van der Waals surface area contributed by atoms with Crippen molar-refractivity contribution in [1.29, 1.82) is 0 Å². The molecule has 3 nitrogen and oxygen atoms in total. The van der Waals surface area contributed by atoms with Crippen LogP contribution in [-0.2, 0) is 16.6 Å².